The Morgan fingerprint density at radius 2 is 2.24 bits per heavy atom. The van der Waals surface area contributed by atoms with Crippen molar-refractivity contribution >= 4 is 22.4 Å². The fourth-order valence-corrected chi connectivity index (χ4v) is 2.33. The number of rotatable bonds is 4. The smallest absolute Gasteiger partial charge is 0.272 e. The molecule has 2 aromatic heterocycles. The molecule has 0 amide bonds. The van der Waals surface area contributed by atoms with E-state index in [1.807, 2.05) is 18.3 Å². The number of H-pyrrole nitrogens is 1. The summed E-state index contributed by atoms with van der Waals surface area (Å²) in [6.45, 7) is 2.36. The van der Waals surface area contributed by atoms with Gasteiger partial charge >= 0.3 is 0 Å². The van der Waals surface area contributed by atoms with Crippen molar-refractivity contribution in [1.29, 1.82) is 0 Å². The Balaban J connectivity index is 1.79. The molecule has 2 N–H and O–H groups in total. The van der Waals surface area contributed by atoms with Gasteiger partial charge < -0.3 is 10.3 Å². The van der Waals surface area contributed by atoms with Gasteiger partial charge in [-0.25, -0.2) is 4.98 Å². The number of fused-ring (bicyclic) bond motifs is 1. The molecule has 6 heteroatoms. The fourth-order valence-electron chi connectivity index (χ4n) is 2.33. The number of aromatic amines is 1. The predicted molar refractivity (Wildman–Crippen MR) is 81.3 cm³/mol. The third-order valence-corrected chi connectivity index (χ3v) is 3.41. The molecule has 0 radical (unpaired) electrons. The van der Waals surface area contributed by atoms with Crippen molar-refractivity contribution in [1.82, 2.24) is 9.97 Å². The van der Waals surface area contributed by atoms with Gasteiger partial charge in [0.05, 0.1) is 4.92 Å². The van der Waals surface area contributed by atoms with Gasteiger partial charge in [0.2, 0.25) is 0 Å². The summed E-state index contributed by atoms with van der Waals surface area (Å²) < 4.78 is 0. The third-order valence-electron chi connectivity index (χ3n) is 3.41. The largest absolute Gasteiger partial charge is 0.381 e. The highest BCUT2D eigenvalue weighted by atomic mass is 16.6. The van der Waals surface area contributed by atoms with Crippen LogP contribution in [0.4, 0.5) is 11.4 Å². The molecule has 0 aliphatic heterocycles. The number of nitrogens with one attached hydrogen (secondary N) is 2. The molecule has 3 aromatic rings. The molecule has 2 heterocycles. The van der Waals surface area contributed by atoms with Crippen molar-refractivity contribution in [3.8, 4) is 0 Å². The molecule has 6 nitrogen and oxygen atoms in total. The molecule has 0 aliphatic carbocycles. The molecular weight excluding hydrogens is 268 g/mol. The summed E-state index contributed by atoms with van der Waals surface area (Å²) in [6.07, 6.45) is 3.67. The Morgan fingerprint density at radius 3 is 3.00 bits per heavy atom. The van der Waals surface area contributed by atoms with Crippen LogP contribution in [0.5, 0.6) is 0 Å². The highest BCUT2D eigenvalue weighted by molar-refractivity contribution is 5.79. The molecule has 0 fully saturated rings. The first kappa shape index (κ1) is 13.1. The second-order valence-corrected chi connectivity index (χ2v) is 4.83. The number of nitro groups is 1. The number of hydrogen-bond donors (Lipinski definition) is 2. The number of nitrogens with zero attached hydrogens (tertiary/aromatic N) is 2. The standard InChI is InChI=1S/C15H14N4O2/c1-10-7-12(4-5-14(10)19(20)21)17-8-11-9-18-15-13(11)3-2-6-16-15/h2-7,9,17H,8H2,1H3,(H,16,18). The van der Waals surface area contributed by atoms with Gasteiger partial charge in [-0.1, -0.05) is 0 Å². The van der Waals surface area contributed by atoms with Crippen LogP contribution in [0.3, 0.4) is 0 Å². The molecule has 1 aromatic carbocycles. The highest BCUT2D eigenvalue weighted by Crippen LogP contribution is 2.23. The Hall–Kier alpha value is -2.89. The van der Waals surface area contributed by atoms with Crippen LogP contribution in [0.1, 0.15) is 11.1 Å². The number of aryl methyl sites for hydroxylation is 1. The fraction of sp³-hybridized carbons (Fsp3) is 0.133. The zero-order chi connectivity index (χ0) is 14.8. The molecule has 0 unspecified atom stereocenters. The monoisotopic (exact) mass is 282 g/mol. The predicted octanol–water partition coefficient (Wildman–Crippen LogP) is 3.39. The number of benzene rings is 1. The summed E-state index contributed by atoms with van der Waals surface area (Å²) in [4.78, 5) is 17.8. The molecule has 0 saturated carbocycles. The van der Waals surface area contributed by atoms with Crippen LogP contribution in [-0.4, -0.2) is 14.9 Å². The number of hydrogen-bond acceptors (Lipinski definition) is 4. The molecule has 0 aliphatic rings. The van der Waals surface area contributed by atoms with Crippen LogP contribution in [-0.2, 0) is 6.54 Å². The Labute approximate surface area is 121 Å². The van der Waals surface area contributed by atoms with Crippen LogP contribution in [0.25, 0.3) is 11.0 Å². The van der Waals surface area contributed by atoms with Gasteiger partial charge in [-0.05, 0) is 36.8 Å². The maximum absolute atomic E-state index is 10.8. The van der Waals surface area contributed by atoms with Crippen molar-refractivity contribution in [3.63, 3.8) is 0 Å². The number of anilines is 1. The summed E-state index contributed by atoms with van der Waals surface area (Å²) in [6, 6.07) is 8.94. The van der Waals surface area contributed by atoms with Crippen LogP contribution in [0.2, 0.25) is 0 Å². The van der Waals surface area contributed by atoms with Gasteiger partial charge in [-0.2, -0.15) is 0 Å². The van der Waals surface area contributed by atoms with Crippen LogP contribution < -0.4 is 5.32 Å². The average molecular weight is 282 g/mol. The van der Waals surface area contributed by atoms with E-state index in [-0.39, 0.29) is 10.6 Å². The number of aromatic nitrogens is 2. The number of nitro benzene ring substituents is 1. The molecule has 3 rings (SSSR count). The maximum atomic E-state index is 10.8. The van der Waals surface area contributed by atoms with E-state index in [2.05, 4.69) is 15.3 Å². The summed E-state index contributed by atoms with van der Waals surface area (Å²) in [7, 11) is 0. The van der Waals surface area contributed by atoms with Crippen molar-refractivity contribution in [3.05, 3.63) is 64.0 Å². The maximum Gasteiger partial charge on any atom is 0.272 e. The number of pyridine rings is 1. The van der Waals surface area contributed by atoms with Gasteiger partial charge in [0.15, 0.2) is 0 Å². The van der Waals surface area contributed by atoms with Gasteiger partial charge in [0.1, 0.15) is 5.65 Å². The van der Waals surface area contributed by atoms with Crippen LogP contribution in [0.15, 0.2) is 42.7 Å². The minimum atomic E-state index is -0.371. The first-order chi connectivity index (χ1) is 10.1. The Morgan fingerprint density at radius 1 is 1.38 bits per heavy atom. The molecule has 106 valence electrons. The van der Waals surface area contributed by atoms with Crippen molar-refractivity contribution in [2.75, 3.05) is 5.32 Å². The minimum Gasteiger partial charge on any atom is -0.381 e. The quantitative estimate of drug-likeness (QED) is 0.567. The normalized spacial score (nSPS) is 10.7. The van der Waals surface area contributed by atoms with Gasteiger partial charge in [-0.15, -0.1) is 0 Å². The summed E-state index contributed by atoms with van der Waals surface area (Å²) in [5.74, 6) is 0. The second kappa shape index (κ2) is 5.24. The van der Waals surface area contributed by atoms with E-state index < -0.39 is 0 Å². The Kier molecular flexibility index (Phi) is 3.27. The van der Waals surface area contributed by atoms with E-state index in [0.29, 0.717) is 12.1 Å². The van der Waals surface area contributed by atoms with E-state index in [1.54, 1.807) is 25.3 Å². The van der Waals surface area contributed by atoms with E-state index in [9.17, 15) is 10.1 Å². The summed E-state index contributed by atoms with van der Waals surface area (Å²) in [5, 5.41) is 15.1. The van der Waals surface area contributed by atoms with E-state index in [0.717, 1.165) is 22.3 Å². The van der Waals surface area contributed by atoms with Crippen molar-refractivity contribution < 1.29 is 4.92 Å². The zero-order valence-electron chi connectivity index (χ0n) is 11.5. The van der Waals surface area contributed by atoms with E-state index >= 15 is 0 Å². The highest BCUT2D eigenvalue weighted by Gasteiger charge is 2.10. The molecule has 0 saturated heterocycles. The average Bonchev–Trinajstić information content (AvgIpc) is 2.88. The lowest BCUT2D eigenvalue weighted by Gasteiger charge is -2.07. The first-order valence-corrected chi connectivity index (χ1v) is 6.55. The van der Waals surface area contributed by atoms with Gasteiger partial charge in [-0.3, -0.25) is 10.1 Å². The van der Waals surface area contributed by atoms with Crippen molar-refractivity contribution in [2.45, 2.75) is 13.5 Å². The molecule has 0 bridgehead atoms. The van der Waals surface area contributed by atoms with Gasteiger partial charge in [0, 0.05) is 41.6 Å². The Bertz CT molecular complexity index is 810. The SMILES string of the molecule is Cc1cc(NCc2c[nH]c3ncccc23)ccc1[N+](=O)[O-]. The lowest BCUT2D eigenvalue weighted by molar-refractivity contribution is -0.385. The lowest BCUT2D eigenvalue weighted by Crippen LogP contribution is -2.00. The molecular formula is C15H14N4O2. The second-order valence-electron chi connectivity index (χ2n) is 4.83. The molecule has 0 atom stereocenters. The van der Waals surface area contributed by atoms with E-state index in [1.165, 1.54) is 6.07 Å². The lowest BCUT2D eigenvalue weighted by atomic mass is 10.1. The zero-order valence-corrected chi connectivity index (χ0v) is 11.5. The van der Waals surface area contributed by atoms with Crippen LogP contribution >= 0.6 is 0 Å². The van der Waals surface area contributed by atoms with Gasteiger partial charge in [0.25, 0.3) is 5.69 Å². The topological polar surface area (TPSA) is 83.8 Å². The van der Waals surface area contributed by atoms with E-state index in [4.69, 9.17) is 0 Å². The van der Waals surface area contributed by atoms with Crippen molar-refractivity contribution in [2.24, 2.45) is 0 Å². The third kappa shape index (κ3) is 2.55. The first-order valence-electron chi connectivity index (χ1n) is 6.55. The minimum absolute atomic E-state index is 0.136. The molecule has 0 spiro atoms. The summed E-state index contributed by atoms with van der Waals surface area (Å²) in [5.41, 5.74) is 3.60. The van der Waals surface area contributed by atoms with Crippen LogP contribution in [0, 0.1) is 17.0 Å². The summed E-state index contributed by atoms with van der Waals surface area (Å²) >= 11 is 0. The molecule has 21 heavy (non-hydrogen) atoms.